The van der Waals surface area contributed by atoms with Gasteiger partial charge in [0.15, 0.2) is 0 Å². The first-order valence-electron chi connectivity index (χ1n) is 7.32. The minimum absolute atomic E-state index is 0.329. The average Bonchev–Trinajstić information content (AvgIpc) is 3.14. The summed E-state index contributed by atoms with van der Waals surface area (Å²) in [4.78, 5) is 17.6. The Labute approximate surface area is 114 Å². The van der Waals surface area contributed by atoms with Crippen molar-refractivity contribution in [1.29, 1.82) is 0 Å². The van der Waals surface area contributed by atoms with Crippen LogP contribution in [0.1, 0.15) is 37.7 Å². The maximum Gasteiger partial charge on any atom is 0.223 e. The first-order chi connectivity index (χ1) is 9.33. The van der Waals surface area contributed by atoms with Gasteiger partial charge in [0.1, 0.15) is 0 Å². The molecule has 2 aliphatic rings. The quantitative estimate of drug-likeness (QED) is 0.885. The van der Waals surface area contributed by atoms with E-state index in [0.29, 0.717) is 24.3 Å². The van der Waals surface area contributed by atoms with Crippen molar-refractivity contribution in [2.45, 2.75) is 44.7 Å². The van der Waals surface area contributed by atoms with Gasteiger partial charge in [0, 0.05) is 44.6 Å². The Kier molecular flexibility index (Phi) is 3.87. The van der Waals surface area contributed by atoms with Crippen LogP contribution in [0.2, 0.25) is 0 Å². The van der Waals surface area contributed by atoms with Crippen LogP contribution in [0.4, 0.5) is 0 Å². The summed E-state index contributed by atoms with van der Waals surface area (Å²) in [5.41, 5.74) is 1.20. The van der Waals surface area contributed by atoms with Crippen LogP contribution in [0, 0.1) is 5.92 Å². The van der Waals surface area contributed by atoms with Gasteiger partial charge in [-0.3, -0.25) is 4.79 Å². The van der Waals surface area contributed by atoms with Crippen molar-refractivity contribution in [1.82, 2.24) is 9.88 Å². The second kappa shape index (κ2) is 5.78. The predicted molar refractivity (Wildman–Crippen MR) is 72.5 cm³/mol. The minimum Gasteiger partial charge on any atom is -0.381 e. The smallest absolute Gasteiger partial charge is 0.223 e. The Balaban J connectivity index is 1.57. The predicted octanol–water partition coefficient (Wildman–Crippen LogP) is 2.32. The number of amides is 1. The fraction of sp³-hybridized carbons (Fsp3) is 0.667. The number of hydrogen-bond donors (Lipinski definition) is 1. The molecule has 0 unspecified atom stereocenters. The lowest BCUT2D eigenvalue weighted by Crippen LogP contribution is -2.34. The van der Waals surface area contributed by atoms with E-state index in [-0.39, 0.29) is 0 Å². The number of rotatable bonds is 5. The molecule has 1 saturated carbocycles. The Morgan fingerprint density at radius 1 is 1.32 bits per heavy atom. The number of carbonyl (C=O) groups excluding carboxylic acids is 1. The zero-order chi connectivity index (χ0) is 13.1. The number of nitrogens with one attached hydrogen (secondary N) is 1. The summed E-state index contributed by atoms with van der Waals surface area (Å²) in [6.07, 6.45) is 9.02. The maximum atomic E-state index is 12.5. The summed E-state index contributed by atoms with van der Waals surface area (Å²) in [7, 11) is 0. The Morgan fingerprint density at radius 3 is 2.74 bits per heavy atom. The summed E-state index contributed by atoms with van der Waals surface area (Å²) in [5.74, 6) is 0.851. The topological polar surface area (TPSA) is 45.3 Å². The number of ether oxygens (including phenoxy) is 1. The molecule has 0 bridgehead atoms. The van der Waals surface area contributed by atoms with Crippen LogP contribution in [0.5, 0.6) is 0 Å². The molecule has 1 aromatic heterocycles. The van der Waals surface area contributed by atoms with Crippen LogP contribution in [0.3, 0.4) is 0 Å². The molecule has 0 spiro atoms. The van der Waals surface area contributed by atoms with Gasteiger partial charge >= 0.3 is 0 Å². The lowest BCUT2D eigenvalue weighted by atomic mass is 9.96. The molecule has 1 N–H and O–H groups in total. The number of aromatic amines is 1. The van der Waals surface area contributed by atoms with Gasteiger partial charge in [0.05, 0.1) is 0 Å². The first kappa shape index (κ1) is 12.7. The van der Waals surface area contributed by atoms with E-state index >= 15 is 0 Å². The zero-order valence-electron chi connectivity index (χ0n) is 11.3. The van der Waals surface area contributed by atoms with Crippen LogP contribution in [-0.4, -0.2) is 35.0 Å². The van der Waals surface area contributed by atoms with Crippen LogP contribution in [0.15, 0.2) is 18.5 Å². The normalized spacial score (nSPS) is 20.4. The van der Waals surface area contributed by atoms with Gasteiger partial charge in [-0.1, -0.05) is 0 Å². The molecule has 4 nitrogen and oxygen atoms in total. The van der Waals surface area contributed by atoms with Crippen molar-refractivity contribution in [3.05, 3.63) is 24.0 Å². The van der Waals surface area contributed by atoms with Gasteiger partial charge in [-0.05, 0) is 43.2 Å². The highest BCUT2D eigenvalue weighted by Crippen LogP contribution is 2.30. The number of nitrogens with zero attached hydrogens (tertiary/aromatic N) is 1. The van der Waals surface area contributed by atoms with E-state index < -0.39 is 0 Å². The molecule has 2 fully saturated rings. The molecule has 1 aliphatic carbocycles. The lowest BCUT2D eigenvalue weighted by molar-refractivity contribution is -0.134. The fourth-order valence-electron chi connectivity index (χ4n) is 2.78. The van der Waals surface area contributed by atoms with Crippen molar-refractivity contribution in [2.75, 3.05) is 13.2 Å². The monoisotopic (exact) mass is 262 g/mol. The molecule has 0 radical (unpaired) electrons. The van der Waals surface area contributed by atoms with E-state index in [0.717, 1.165) is 32.6 Å². The van der Waals surface area contributed by atoms with Crippen molar-refractivity contribution in [2.24, 2.45) is 5.92 Å². The van der Waals surface area contributed by atoms with Gasteiger partial charge < -0.3 is 14.6 Å². The number of aromatic nitrogens is 1. The summed E-state index contributed by atoms with van der Waals surface area (Å²) in [6.45, 7) is 2.40. The summed E-state index contributed by atoms with van der Waals surface area (Å²) >= 11 is 0. The second-order valence-electron chi connectivity index (χ2n) is 5.73. The third-order valence-corrected chi connectivity index (χ3v) is 4.13. The number of H-pyrrole nitrogens is 1. The molecular formula is C15H22N2O2. The van der Waals surface area contributed by atoms with Crippen LogP contribution in [-0.2, 0) is 16.1 Å². The van der Waals surface area contributed by atoms with E-state index in [1.54, 1.807) is 0 Å². The Morgan fingerprint density at radius 2 is 2.11 bits per heavy atom. The van der Waals surface area contributed by atoms with E-state index in [1.807, 2.05) is 12.4 Å². The maximum absolute atomic E-state index is 12.5. The summed E-state index contributed by atoms with van der Waals surface area (Å²) < 4.78 is 5.36. The van der Waals surface area contributed by atoms with Gasteiger partial charge in [0.25, 0.3) is 0 Å². The van der Waals surface area contributed by atoms with Crippen molar-refractivity contribution in [3.8, 4) is 0 Å². The second-order valence-corrected chi connectivity index (χ2v) is 5.73. The third-order valence-electron chi connectivity index (χ3n) is 4.13. The highest BCUT2D eigenvalue weighted by Gasteiger charge is 2.33. The molecule has 1 saturated heterocycles. The molecule has 1 amide bonds. The zero-order valence-corrected chi connectivity index (χ0v) is 11.3. The van der Waals surface area contributed by atoms with Gasteiger partial charge in [-0.2, -0.15) is 0 Å². The average molecular weight is 262 g/mol. The molecule has 0 aromatic carbocycles. The molecule has 19 heavy (non-hydrogen) atoms. The van der Waals surface area contributed by atoms with E-state index in [4.69, 9.17) is 4.74 Å². The molecule has 104 valence electrons. The van der Waals surface area contributed by atoms with E-state index in [1.165, 1.54) is 18.4 Å². The highest BCUT2D eigenvalue weighted by atomic mass is 16.5. The molecule has 0 atom stereocenters. The Bertz CT molecular complexity index is 406. The Hall–Kier alpha value is -1.29. The number of carbonyl (C=O) groups is 1. The molecule has 4 heteroatoms. The molecule has 3 rings (SSSR count). The number of hydrogen-bond acceptors (Lipinski definition) is 2. The molecule has 1 aromatic rings. The third kappa shape index (κ3) is 3.38. The van der Waals surface area contributed by atoms with E-state index in [2.05, 4.69) is 16.0 Å². The molecule has 1 aliphatic heterocycles. The van der Waals surface area contributed by atoms with Crippen LogP contribution < -0.4 is 0 Å². The SMILES string of the molecule is O=C(CC1CCOCC1)N(Cc1cc[nH]c1)C1CC1. The van der Waals surface area contributed by atoms with Crippen LogP contribution >= 0.6 is 0 Å². The largest absolute Gasteiger partial charge is 0.381 e. The highest BCUT2D eigenvalue weighted by molar-refractivity contribution is 5.77. The fourth-order valence-corrected chi connectivity index (χ4v) is 2.78. The summed E-state index contributed by atoms with van der Waals surface area (Å²) in [6, 6.07) is 2.54. The van der Waals surface area contributed by atoms with E-state index in [9.17, 15) is 4.79 Å². The summed E-state index contributed by atoms with van der Waals surface area (Å²) in [5, 5.41) is 0. The van der Waals surface area contributed by atoms with Gasteiger partial charge in [-0.25, -0.2) is 0 Å². The van der Waals surface area contributed by atoms with Crippen molar-refractivity contribution in [3.63, 3.8) is 0 Å². The molecular weight excluding hydrogens is 240 g/mol. The van der Waals surface area contributed by atoms with Gasteiger partial charge in [-0.15, -0.1) is 0 Å². The minimum atomic E-state index is 0.329. The first-order valence-corrected chi connectivity index (χ1v) is 7.32. The van der Waals surface area contributed by atoms with Crippen LogP contribution in [0.25, 0.3) is 0 Å². The van der Waals surface area contributed by atoms with Gasteiger partial charge in [0.2, 0.25) is 5.91 Å². The molecule has 2 heterocycles. The van der Waals surface area contributed by atoms with Crippen molar-refractivity contribution < 1.29 is 9.53 Å². The standard InChI is InChI=1S/C15H22N2O2/c18-15(9-12-4-7-19-8-5-12)17(14-1-2-14)11-13-3-6-16-10-13/h3,6,10,12,14,16H,1-2,4-5,7-9,11H2. The van der Waals surface area contributed by atoms with Crippen molar-refractivity contribution >= 4 is 5.91 Å². The lowest BCUT2D eigenvalue weighted by Gasteiger charge is -2.27.